The molecule has 0 aliphatic carbocycles. The molecule has 0 bridgehead atoms. The normalized spacial score (nSPS) is 7.40. The molecule has 0 radical (unpaired) electrons. The van der Waals surface area contributed by atoms with Crippen LogP contribution in [0.15, 0.2) is 0 Å². The molecule has 0 spiro atoms. The van der Waals surface area contributed by atoms with Crippen molar-refractivity contribution in [3.05, 3.63) is 0 Å². The van der Waals surface area contributed by atoms with Gasteiger partial charge in [0.25, 0.3) is 0 Å². The summed E-state index contributed by atoms with van der Waals surface area (Å²) in [6.07, 6.45) is 0.549. The first kappa shape index (κ1) is 16.3. The van der Waals surface area contributed by atoms with Crippen LogP contribution in [-0.4, -0.2) is 19.0 Å². The summed E-state index contributed by atoms with van der Waals surface area (Å²) < 4.78 is 4.92. The molecule has 0 aromatic heterocycles. The number of carbonyl (C=O) groups is 1. The van der Waals surface area contributed by atoms with Crippen molar-refractivity contribution in [2.45, 2.75) is 35.1 Å². The molecule has 0 aromatic carbocycles. The molecular formula is C8H20O2. The Labute approximate surface area is 64.6 Å². The molecule has 0 saturated carbocycles. The van der Waals surface area contributed by atoms with Crippen LogP contribution in [-0.2, 0) is 9.53 Å². The van der Waals surface area contributed by atoms with Crippen LogP contribution in [0.3, 0.4) is 0 Å². The molecule has 0 aromatic rings. The first-order valence-corrected chi connectivity index (χ1v) is 2.84. The van der Waals surface area contributed by atoms with Gasteiger partial charge in [-0.2, -0.15) is 0 Å². The zero-order valence-electron chi connectivity index (χ0n) is 5.44. The van der Waals surface area contributed by atoms with Gasteiger partial charge < -0.3 is 4.74 Å². The number of ether oxygens (including phenoxy) is 1. The number of carbonyl (C=O) groups excluding carboxylic acids is 1. The smallest absolute Gasteiger partial charge is 0.132 e. The van der Waals surface area contributed by atoms with Gasteiger partial charge in [-0.1, -0.05) is 14.9 Å². The van der Waals surface area contributed by atoms with E-state index in [-0.39, 0.29) is 20.6 Å². The Bertz CT molecular complexity index is 69.7. The highest BCUT2D eigenvalue weighted by Gasteiger charge is 1.89. The molecule has 0 saturated heterocycles. The van der Waals surface area contributed by atoms with Gasteiger partial charge in [-0.25, -0.2) is 0 Å². The SMILES string of the molecule is C.C.CCOCCC(C)=O. The molecule has 0 aliphatic rings. The van der Waals surface area contributed by atoms with Crippen LogP contribution in [0.5, 0.6) is 0 Å². The van der Waals surface area contributed by atoms with Gasteiger partial charge in [0.1, 0.15) is 5.78 Å². The monoisotopic (exact) mass is 148 g/mol. The molecule has 0 heterocycles. The fourth-order valence-electron chi connectivity index (χ4n) is 0.360. The van der Waals surface area contributed by atoms with E-state index >= 15 is 0 Å². The molecule has 0 fully saturated rings. The van der Waals surface area contributed by atoms with E-state index in [2.05, 4.69) is 0 Å². The van der Waals surface area contributed by atoms with Crippen molar-refractivity contribution in [3.63, 3.8) is 0 Å². The second kappa shape index (κ2) is 11.4. The number of hydrogen-bond donors (Lipinski definition) is 0. The van der Waals surface area contributed by atoms with Crippen molar-refractivity contribution >= 4 is 5.78 Å². The molecule has 0 amide bonds. The van der Waals surface area contributed by atoms with Gasteiger partial charge in [-0.3, -0.25) is 4.79 Å². The standard InChI is InChI=1S/C6H12O2.2CH4/c1-3-8-5-4-6(2)7;;/h3-5H2,1-2H3;2*1H4. The van der Waals surface area contributed by atoms with Crippen LogP contribution in [0.1, 0.15) is 35.1 Å². The molecule has 0 aliphatic heterocycles. The lowest BCUT2D eigenvalue weighted by atomic mass is 10.3. The number of Topliss-reactive ketones (excluding diaryl/α,β-unsaturated/α-hetero) is 1. The minimum Gasteiger partial charge on any atom is -0.381 e. The molecule has 0 rings (SSSR count). The highest BCUT2D eigenvalue weighted by molar-refractivity contribution is 5.75. The number of ketones is 1. The fraction of sp³-hybridized carbons (Fsp3) is 0.875. The van der Waals surface area contributed by atoms with E-state index in [0.717, 1.165) is 0 Å². The van der Waals surface area contributed by atoms with Crippen molar-refractivity contribution in [2.75, 3.05) is 13.2 Å². The molecular weight excluding hydrogens is 128 g/mol. The zero-order chi connectivity index (χ0) is 6.41. The Kier molecular flexibility index (Phi) is 18.6. The maximum atomic E-state index is 10.2. The van der Waals surface area contributed by atoms with Crippen molar-refractivity contribution in [1.82, 2.24) is 0 Å². The second-order valence-electron chi connectivity index (χ2n) is 1.65. The summed E-state index contributed by atoms with van der Waals surface area (Å²) in [4.78, 5) is 10.2. The highest BCUT2D eigenvalue weighted by Crippen LogP contribution is 1.82. The van der Waals surface area contributed by atoms with Crippen LogP contribution >= 0.6 is 0 Å². The van der Waals surface area contributed by atoms with Gasteiger partial charge in [0.15, 0.2) is 0 Å². The maximum Gasteiger partial charge on any atom is 0.132 e. The first-order valence-electron chi connectivity index (χ1n) is 2.84. The van der Waals surface area contributed by atoms with Crippen molar-refractivity contribution in [3.8, 4) is 0 Å². The Morgan fingerprint density at radius 3 is 2.20 bits per heavy atom. The fourth-order valence-corrected chi connectivity index (χ4v) is 0.360. The Hall–Kier alpha value is -0.370. The van der Waals surface area contributed by atoms with Crippen molar-refractivity contribution in [1.29, 1.82) is 0 Å². The topological polar surface area (TPSA) is 26.3 Å². The minimum absolute atomic E-state index is 0. The molecule has 10 heavy (non-hydrogen) atoms. The average molecular weight is 148 g/mol. The average Bonchev–Trinajstić information content (AvgIpc) is 1.66. The summed E-state index contributed by atoms with van der Waals surface area (Å²) in [5.74, 6) is 0.193. The van der Waals surface area contributed by atoms with Gasteiger partial charge in [-0.05, 0) is 13.8 Å². The van der Waals surface area contributed by atoms with Crippen molar-refractivity contribution < 1.29 is 9.53 Å². The predicted molar refractivity (Wildman–Crippen MR) is 45.3 cm³/mol. The molecule has 64 valence electrons. The van der Waals surface area contributed by atoms with Crippen LogP contribution in [0.4, 0.5) is 0 Å². The summed E-state index contributed by atoms with van der Waals surface area (Å²) >= 11 is 0. The van der Waals surface area contributed by atoms with Crippen LogP contribution in [0.2, 0.25) is 0 Å². The third-order valence-electron chi connectivity index (χ3n) is 0.803. The lowest BCUT2D eigenvalue weighted by Crippen LogP contribution is -1.98. The highest BCUT2D eigenvalue weighted by atomic mass is 16.5. The lowest BCUT2D eigenvalue weighted by Gasteiger charge is -1.94. The molecule has 0 N–H and O–H groups in total. The largest absolute Gasteiger partial charge is 0.381 e. The number of rotatable bonds is 4. The summed E-state index contributed by atoms with van der Waals surface area (Å²) in [5.41, 5.74) is 0. The maximum absolute atomic E-state index is 10.2. The van der Waals surface area contributed by atoms with E-state index in [9.17, 15) is 4.79 Å². The van der Waals surface area contributed by atoms with Gasteiger partial charge in [-0.15, -0.1) is 0 Å². The van der Waals surface area contributed by atoms with Crippen LogP contribution in [0, 0.1) is 0 Å². The number of hydrogen-bond acceptors (Lipinski definition) is 2. The van der Waals surface area contributed by atoms with E-state index < -0.39 is 0 Å². The summed E-state index contributed by atoms with van der Waals surface area (Å²) in [5, 5.41) is 0. The predicted octanol–water partition coefficient (Wildman–Crippen LogP) is 2.27. The molecule has 2 nitrogen and oxygen atoms in total. The van der Waals surface area contributed by atoms with Gasteiger partial charge in [0, 0.05) is 13.0 Å². The second-order valence-corrected chi connectivity index (χ2v) is 1.65. The van der Waals surface area contributed by atoms with Gasteiger partial charge in [0.2, 0.25) is 0 Å². The Balaban J connectivity index is -0.000000245. The van der Waals surface area contributed by atoms with E-state index in [1.807, 2.05) is 6.92 Å². The molecule has 0 unspecified atom stereocenters. The quantitative estimate of drug-likeness (QED) is 0.572. The summed E-state index contributed by atoms with van der Waals surface area (Å²) in [6, 6.07) is 0. The van der Waals surface area contributed by atoms with E-state index in [1.54, 1.807) is 6.92 Å². The van der Waals surface area contributed by atoms with E-state index in [0.29, 0.717) is 19.6 Å². The summed E-state index contributed by atoms with van der Waals surface area (Å²) in [6.45, 7) is 4.76. The Morgan fingerprint density at radius 2 is 1.90 bits per heavy atom. The van der Waals surface area contributed by atoms with Crippen molar-refractivity contribution in [2.24, 2.45) is 0 Å². The first-order chi connectivity index (χ1) is 3.77. The minimum atomic E-state index is 0. The molecule has 0 atom stereocenters. The summed E-state index contributed by atoms with van der Waals surface area (Å²) in [7, 11) is 0. The van der Waals surface area contributed by atoms with E-state index in [1.165, 1.54) is 0 Å². The molecule has 2 heteroatoms. The van der Waals surface area contributed by atoms with Crippen LogP contribution < -0.4 is 0 Å². The third kappa shape index (κ3) is 15.6. The lowest BCUT2D eigenvalue weighted by molar-refractivity contribution is -0.118. The van der Waals surface area contributed by atoms with E-state index in [4.69, 9.17) is 4.74 Å². The van der Waals surface area contributed by atoms with Crippen LogP contribution in [0.25, 0.3) is 0 Å². The van der Waals surface area contributed by atoms with Gasteiger partial charge >= 0.3 is 0 Å². The zero-order valence-corrected chi connectivity index (χ0v) is 5.44. The van der Waals surface area contributed by atoms with Gasteiger partial charge in [0.05, 0.1) is 6.61 Å². The third-order valence-corrected chi connectivity index (χ3v) is 0.803. The Morgan fingerprint density at radius 1 is 1.40 bits per heavy atom.